The van der Waals surface area contributed by atoms with E-state index in [1.54, 1.807) is 18.3 Å². The number of thiazole rings is 1. The number of hydrogen-bond acceptors (Lipinski definition) is 8. The van der Waals surface area contributed by atoms with Gasteiger partial charge in [-0.2, -0.15) is 0 Å². The zero-order valence-corrected chi connectivity index (χ0v) is 25.1. The molecule has 0 N–H and O–H groups in total. The molecule has 0 aliphatic carbocycles. The van der Waals surface area contributed by atoms with Crippen molar-refractivity contribution in [1.29, 1.82) is 0 Å². The van der Waals surface area contributed by atoms with Crippen LogP contribution in [0.15, 0.2) is 48.7 Å². The van der Waals surface area contributed by atoms with Gasteiger partial charge >= 0.3 is 5.97 Å². The number of morpholine rings is 1. The van der Waals surface area contributed by atoms with E-state index in [0.717, 1.165) is 61.9 Å². The van der Waals surface area contributed by atoms with Crippen LogP contribution in [0.1, 0.15) is 44.9 Å². The lowest BCUT2D eigenvalue weighted by molar-refractivity contribution is -0.166. The summed E-state index contributed by atoms with van der Waals surface area (Å²) in [6.07, 6.45) is 0.922. The van der Waals surface area contributed by atoms with Gasteiger partial charge in [-0.15, -0.1) is 11.3 Å². The molecule has 9 heteroatoms. The highest BCUT2D eigenvalue weighted by Crippen LogP contribution is 2.44. The number of anilines is 1. The summed E-state index contributed by atoms with van der Waals surface area (Å²) in [4.78, 5) is 25.3. The van der Waals surface area contributed by atoms with Crippen LogP contribution in [0, 0.1) is 6.92 Å². The Hall–Kier alpha value is -3.04. The van der Waals surface area contributed by atoms with Crippen molar-refractivity contribution >= 4 is 44.9 Å². The zero-order valence-electron chi connectivity index (χ0n) is 23.5. The van der Waals surface area contributed by atoms with Gasteiger partial charge in [0.2, 0.25) is 0 Å². The van der Waals surface area contributed by atoms with Crippen LogP contribution in [0.25, 0.3) is 31.9 Å². The number of rotatable bonds is 7. The molecule has 0 bridgehead atoms. The van der Waals surface area contributed by atoms with Crippen LogP contribution in [-0.4, -0.2) is 54.4 Å². The molecule has 3 heterocycles. The van der Waals surface area contributed by atoms with Crippen molar-refractivity contribution in [3.05, 3.63) is 64.8 Å². The molecule has 0 spiro atoms. The number of nitrogens with zero attached hydrogens (tertiary/aromatic N) is 3. The van der Waals surface area contributed by atoms with Gasteiger partial charge in [0.1, 0.15) is 10.8 Å². The van der Waals surface area contributed by atoms with Crippen molar-refractivity contribution in [2.75, 3.05) is 37.8 Å². The lowest BCUT2D eigenvalue weighted by atomic mass is 9.91. The number of benzene rings is 2. The molecule has 2 aromatic carbocycles. The van der Waals surface area contributed by atoms with E-state index < -0.39 is 17.7 Å². The van der Waals surface area contributed by atoms with E-state index in [4.69, 9.17) is 30.8 Å². The molecule has 1 saturated heterocycles. The van der Waals surface area contributed by atoms with Crippen LogP contribution < -0.4 is 4.90 Å². The molecule has 1 aliphatic rings. The average Bonchev–Trinajstić information content (AvgIpc) is 3.35. The minimum absolute atomic E-state index is 0.263. The molecule has 1 fully saturated rings. The lowest BCUT2D eigenvalue weighted by Crippen LogP contribution is -2.36. The third-order valence-corrected chi connectivity index (χ3v) is 8.01. The summed E-state index contributed by atoms with van der Waals surface area (Å²) >= 11 is 7.86. The molecular formula is C31H34ClN3O4S. The van der Waals surface area contributed by atoms with Crippen LogP contribution in [0.4, 0.5) is 5.82 Å². The van der Waals surface area contributed by atoms with Crippen LogP contribution in [0.3, 0.4) is 0 Å². The molecule has 0 saturated carbocycles. The summed E-state index contributed by atoms with van der Waals surface area (Å²) in [6, 6.07) is 13.8. The van der Waals surface area contributed by atoms with Crippen molar-refractivity contribution in [2.24, 2.45) is 0 Å². The molecular weight excluding hydrogens is 546 g/mol. The zero-order chi connectivity index (χ0) is 28.4. The molecule has 0 radical (unpaired) electrons. The minimum atomic E-state index is -0.908. The average molecular weight is 580 g/mol. The van der Waals surface area contributed by atoms with Crippen molar-refractivity contribution in [1.82, 2.24) is 9.97 Å². The fourth-order valence-electron chi connectivity index (χ4n) is 4.89. The number of aryl methyl sites for hydroxylation is 1. The van der Waals surface area contributed by atoms with Gasteiger partial charge in [-0.25, -0.2) is 14.8 Å². The third-order valence-electron chi connectivity index (χ3n) is 6.62. The smallest absolute Gasteiger partial charge is 0.339 e. The molecule has 5 rings (SSSR count). The Kier molecular flexibility index (Phi) is 8.42. The fourth-order valence-corrected chi connectivity index (χ4v) is 6.14. The second kappa shape index (κ2) is 11.8. The van der Waals surface area contributed by atoms with Crippen LogP contribution in [-0.2, 0) is 19.0 Å². The van der Waals surface area contributed by atoms with E-state index in [9.17, 15) is 4.79 Å². The second-order valence-electron chi connectivity index (χ2n) is 10.7. The summed E-state index contributed by atoms with van der Waals surface area (Å²) in [5, 5.41) is 1.52. The maximum absolute atomic E-state index is 13.4. The summed E-state index contributed by atoms with van der Waals surface area (Å²) in [5.74, 6) is 0.500. The molecule has 2 aromatic heterocycles. The largest absolute Gasteiger partial charge is 0.464 e. The minimum Gasteiger partial charge on any atom is -0.464 e. The molecule has 40 heavy (non-hydrogen) atoms. The van der Waals surface area contributed by atoms with Gasteiger partial charge < -0.3 is 19.1 Å². The predicted molar refractivity (Wildman–Crippen MR) is 161 cm³/mol. The number of fused-ring (bicyclic) bond motifs is 1. The van der Waals surface area contributed by atoms with Crippen molar-refractivity contribution in [3.8, 4) is 21.7 Å². The number of esters is 1. The normalized spacial score (nSPS) is 14.9. The number of pyridine rings is 1. The third kappa shape index (κ3) is 6.15. The monoisotopic (exact) mass is 579 g/mol. The van der Waals surface area contributed by atoms with E-state index >= 15 is 0 Å². The first-order chi connectivity index (χ1) is 19.1. The Morgan fingerprint density at radius 2 is 1.85 bits per heavy atom. The van der Waals surface area contributed by atoms with E-state index in [-0.39, 0.29) is 6.61 Å². The van der Waals surface area contributed by atoms with Gasteiger partial charge in [-0.05, 0) is 76.1 Å². The van der Waals surface area contributed by atoms with Gasteiger partial charge in [0, 0.05) is 41.0 Å². The number of carbonyl (C=O) groups excluding carboxylic acids is 1. The molecule has 210 valence electrons. The predicted octanol–water partition coefficient (Wildman–Crippen LogP) is 7.24. The molecule has 7 nitrogen and oxygen atoms in total. The standard InChI is InChI=1S/C31H34ClN3O4S/c1-6-38-30(36)27(39-31(3,4)5)25-19(2)17-23-28(26(25)20-7-9-22(32)10-8-20)40-29(34-23)21-11-12-33-24(18-21)35-13-15-37-16-14-35/h7-12,17-18,27H,6,13-16H2,1-5H3/t27-/m0/s1. The van der Waals surface area contributed by atoms with Crippen molar-refractivity contribution in [2.45, 2.75) is 46.3 Å². The van der Waals surface area contributed by atoms with Crippen LogP contribution >= 0.6 is 22.9 Å². The number of ether oxygens (including phenoxy) is 3. The Balaban J connectivity index is 1.70. The number of halogens is 1. The highest BCUT2D eigenvalue weighted by molar-refractivity contribution is 7.22. The lowest BCUT2D eigenvalue weighted by Gasteiger charge is -2.29. The Labute approximate surface area is 244 Å². The highest BCUT2D eigenvalue weighted by atomic mass is 35.5. The Bertz CT molecular complexity index is 1510. The first-order valence-electron chi connectivity index (χ1n) is 13.5. The molecule has 4 aromatic rings. The molecule has 1 atom stereocenters. The summed E-state index contributed by atoms with van der Waals surface area (Å²) in [7, 11) is 0. The maximum atomic E-state index is 13.4. The Morgan fingerprint density at radius 3 is 2.52 bits per heavy atom. The SMILES string of the molecule is CCOC(=O)[C@@H](OC(C)(C)C)c1c(C)cc2nc(-c3ccnc(N4CCOCC4)c3)sc2c1-c1ccc(Cl)cc1. The molecule has 0 amide bonds. The van der Waals surface area contributed by atoms with Gasteiger partial charge in [-0.1, -0.05) is 23.7 Å². The molecule has 1 aliphatic heterocycles. The van der Waals surface area contributed by atoms with E-state index in [2.05, 4.69) is 16.0 Å². The summed E-state index contributed by atoms with van der Waals surface area (Å²) in [6.45, 7) is 12.9. The first kappa shape index (κ1) is 28.5. The number of hydrogen-bond donors (Lipinski definition) is 0. The quantitative estimate of drug-likeness (QED) is 0.214. The van der Waals surface area contributed by atoms with Crippen LogP contribution in [0.5, 0.6) is 0 Å². The number of aromatic nitrogens is 2. The first-order valence-corrected chi connectivity index (χ1v) is 14.7. The van der Waals surface area contributed by atoms with Gasteiger partial charge in [0.25, 0.3) is 0 Å². The molecule has 0 unspecified atom stereocenters. The summed E-state index contributed by atoms with van der Waals surface area (Å²) < 4.78 is 18.4. The topological polar surface area (TPSA) is 73.8 Å². The van der Waals surface area contributed by atoms with Gasteiger partial charge in [0.15, 0.2) is 6.10 Å². The van der Waals surface area contributed by atoms with E-state index in [0.29, 0.717) is 18.2 Å². The van der Waals surface area contributed by atoms with E-state index in [1.807, 2.05) is 70.3 Å². The highest BCUT2D eigenvalue weighted by Gasteiger charge is 2.33. The van der Waals surface area contributed by atoms with Crippen LogP contribution in [0.2, 0.25) is 5.02 Å². The fraction of sp³-hybridized carbons (Fsp3) is 0.387. The Morgan fingerprint density at radius 1 is 1.12 bits per heavy atom. The van der Waals surface area contributed by atoms with Crippen molar-refractivity contribution in [3.63, 3.8) is 0 Å². The van der Waals surface area contributed by atoms with Gasteiger partial charge in [-0.3, -0.25) is 0 Å². The van der Waals surface area contributed by atoms with Gasteiger partial charge in [0.05, 0.1) is 35.6 Å². The second-order valence-corrected chi connectivity index (χ2v) is 12.2. The maximum Gasteiger partial charge on any atom is 0.339 e. The summed E-state index contributed by atoms with van der Waals surface area (Å²) in [5.41, 5.74) is 4.78. The van der Waals surface area contributed by atoms with Crippen molar-refractivity contribution < 1.29 is 19.0 Å². The number of carbonyl (C=O) groups is 1. The van der Waals surface area contributed by atoms with E-state index in [1.165, 1.54) is 0 Å².